The Bertz CT molecular complexity index is 742. The monoisotopic (exact) mass is 337 g/mol. The van der Waals surface area contributed by atoms with Gasteiger partial charge in [0.25, 0.3) is 0 Å². The second-order valence-electron chi connectivity index (χ2n) is 6.61. The Labute approximate surface area is 147 Å². The summed E-state index contributed by atoms with van der Waals surface area (Å²) < 4.78 is 0. The highest BCUT2D eigenvalue weighted by Crippen LogP contribution is 2.33. The summed E-state index contributed by atoms with van der Waals surface area (Å²) in [5.74, 6) is -0.779. The van der Waals surface area contributed by atoms with Crippen LogP contribution in [0.1, 0.15) is 53.1 Å². The third-order valence-electron chi connectivity index (χ3n) is 4.94. The number of carbonyl (C=O) groups excluding carboxylic acids is 1. The number of benzene rings is 2. The Balaban J connectivity index is 1.70. The molecule has 2 atom stereocenters. The van der Waals surface area contributed by atoms with Gasteiger partial charge in [-0.3, -0.25) is 4.79 Å². The van der Waals surface area contributed by atoms with Crippen molar-refractivity contribution in [1.29, 1.82) is 0 Å². The molecule has 1 saturated carbocycles. The maximum Gasteiger partial charge on any atom is 0.335 e. The summed E-state index contributed by atoms with van der Waals surface area (Å²) in [6.07, 6.45) is 4.42. The van der Waals surface area contributed by atoms with Gasteiger partial charge >= 0.3 is 5.97 Å². The molecule has 3 rings (SSSR count). The molecule has 0 bridgehead atoms. The van der Waals surface area contributed by atoms with Crippen LogP contribution >= 0.6 is 0 Å². The summed E-state index contributed by atoms with van der Waals surface area (Å²) in [5.41, 5.74) is 2.01. The highest BCUT2D eigenvalue weighted by atomic mass is 16.4. The van der Waals surface area contributed by atoms with Crippen LogP contribution in [0.2, 0.25) is 0 Å². The fourth-order valence-corrected chi connectivity index (χ4v) is 3.72. The van der Waals surface area contributed by atoms with E-state index in [-0.39, 0.29) is 23.9 Å². The minimum Gasteiger partial charge on any atom is -0.478 e. The Morgan fingerprint density at radius 3 is 2.40 bits per heavy atom. The number of hydrogen-bond acceptors (Lipinski definition) is 2. The Kier molecular flexibility index (Phi) is 5.49. The molecule has 1 fully saturated rings. The summed E-state index contributed by atoms with van der Waals surface area (Å²) in [6.45, 7) is 0. The zero-order valence-electron chi connectivity index (χ0n) is 14.2. The third-order valence-corrected chi connectivity index (χ3v) is 4.94. The van der Waals surface area contributed by atoms with Crippen molar-refractivity contribution in [2.75, 3.05) is 0 Å². The second kappa shape index (κ2) is 7.97. The van der Waals surface area contributed by atoms with E-state index >= 15 is 0 Å². The van der Waals surface area contributed by atoms with Gasteiger partial charge in [0, 0.05) is 12.0 Å². The van der Waals surface area contributed by atoms with Crippen LogP contribution in [0.5, 0.6) is 0 Å². The maximum absolute atomic E-state index is 12.5. The predicted octanol–water partition coefficient (Wildman–Crippen LogP) is 3.77. The molecule has 0 aliphatic heterocycles. The van der Waals surface area contributed by atoms with E-state index in [1.165, 1.54) is 12.0 Å². The first kappa shape index (κ1) is 17.2. The van der Waals surface area contributed by atoms with Gasteiger partial charge in [0.15, 0.2) is 0 Å². The number of rotatable bonds is 5. The summed E-state index contributed by atoms with van der Waals surface area (Å²) >= 11 is 0. The highest BCUT2D eigenvalue weighted by molar-refractivity contribution is 5.91. The van der Waals surface area contributed by atoms with Crippen molar-refractivity contribution in [3.63, 3.8) is 0 Å². The van der Waals surface area contributed by atoms with Crippen LogP contribution < -0.4 is 5.32 Å². The SMILES string of the molecule is O=C(Cc1ccccc1C(=O)O)NC1CCCCC1c1ccccc1. The molecule has 0 spiro atoms. The van der Waals surface area contributed by atoms with Crippen molar-refractivity contribution in [2.24, 2.45) is 0 Å². The van der Waals surface area contributed by atoms with Crippen molar-refractivity contribution >= 4 is 11.9 Å². The van der Waals surface area contributed by atoms with Crippen LogP contribution in [0.3, 0.4) is 0 Å². The van der Waals surface area contributed by atoms with Gasteiger partial charge in [0.1, 0.15) is 0 Å². The van der Waals surface area contributed by atoms with Crippen LogP contribution in [0.15, 0.2) is 54.6 Å². The van der Waals surface area contributed by atoms with Crippen LogP contribution in [0.25, 0.3) is 0 Å². The van der Waals surface area contributed by atoms with Gasteiger partial charge in [-0.05, 0) is 30.0 Å². The minimum atomic E-state index is -0.997. The second-order valence-corrected chi connectivity index (χ2v) is 6.61. The number of aromatic carboxylic acids is 1. The van der Waals surface area contributed by atoms with E-state index in [9.17, 15) is 14.7 Å². The lowest BCUT2D eigenvalue weighted by atomic mass is 9.80. The first-order valence-corrected chi connectivity index (χ1v) is 8.80. The number of carboxylic acid groups (broad SMARTS) is 1. The molecule has 2 unspecified atom stereocenters. The fraction of sp³-hybridized carbons (Fsp3) is 0.333. The molecule has 2 aromatic rings. The Hall–Kier alpha value is -2.62. The fourth-order valence-electron chi connectivity index (χ4n) is 3.72. The summed E-state index contributed by atoms with van der Waals surface area (Å²) in [4.78, 5) is 23.8. The highest BCUT2D eigenvalue weighted by Gasteiger charge is 2.27. The standard InChI is InChI=1S/C21H23NO3/c23-20(14-16-10-4-5-12-18(16)21(24)25)22-19-13-7-6-11-17(19)15-8-2-1-3-9-15/h1-5,8-10,12,17,19H,6-7,11,13-14H2,(H,22,23)(H,24,25). The van der Waals surface area contributed by atoms with Gasteiger partial charge in [0.05, 0.1) is 12.0 Å². The van der Waals surface area contributed by atoms with Crippen LogP contribution in [-0.2, 0) is 11.2 Å². The van der Waals surface area contributed by atoms with Crippen molar-refractivity contribution in [1.82, 2.24) is 5.32 Å². The average molecular weight is 337 g/mol. The minimum absolute atomic E-state index is 0.0977. The zero-order chi connectivity index (χ0) is 17.6. The van der Waals surface area contributed by atoms with Gasteiger partial charge in [0.2, 0.25) is 5.91 Å². The zero-order valence-corrected chi connectivity index (χ0v) is 14.2. The third kappa shape index (κ3) is 4.27. The number of carbonyl (C=O) groups is 2. The number of carboxylic acids is 1. The van der Waals surface area contributed by atoms with Gasteiger partial charge < -0.3 is 10.4 Å². The predicted molar refractivity (Wildman–Crippen MR) is 96.7 cm³/mol. The van der Waals surface area contributed by atoms with Crippen LogP contribution in [0.4, 0.5) is 0 Å². The molecule has 1 aliphatic rings. The van der Waals surface area contributed by atoms with Gasteiger partial charge in [-0.25, -0.2) is 4.79 Å². The van der Waals surface area contributed by atoms with Gasteiger partial charge in [-0.2, -0.15) is 0 Å². The molecular weight excluding hydrogens is 314 g/mol. The molecule has 0 heterocycles. The molecular formula is C21H23NO3. The molecule has 0 saturated heterocycles. The molecule has 1 aliphatic carbocycles. The maximum atomic E-state index is 12.5. The topological polar surface area (TPSA) is 66.4 Å². The lowest BCUT2D eigenvalue weighted by molar-refractivity contribution is -0.121. The molecule has 0 aromatic heterocycles. The molecule has 0 radical (unpaired) electrons. The van der Waals surface area contributed by atoms with E-state index in [1.54, 1.807) is 24.3 Å². The van der Waals surface area contributed by atoms with E-state index in [4.69, 9.17) is 0 Å². The lowest BCUT2D eigenvalue weighted by Crippen LogP contribution is -2.41. The summed E-state index contributed by atoms with van der Waals surface area (Å²) in [5, 5.41) is 12.4. The lowest BCUT2D eigenvalue weighted by Gasteiger charge is -2.32. The van der Waals surface area contributed by atoms with E-state index in [1.807, 2.05) is 18.2 Å². The number of amides is 1. The first-order chi connectivity index (χ1) is 12.1. The van der Waals surface area contributed by atoms with E-state index in [0.717, 1.165) is 19.3 Å². The average Bonchev–Trinajstić information content (AvgIpc) is 2.63. The quantitative estimate of drug-likeness (QED) is 0.873. The molecule has 2 N–H and O–H groups in total. The van der Waals surface area contributed by atoms with Gasteiger partial charge in [-0.1, -0.05) is 61.4 Å². The number of nitrogens with one attached hydrogen (secondary N) is 1. The normalized spacial score (nSPS) is 20.0. The van der Waals surface area contributed by atoms with Gasteiger partial charge in [-0.15, -0.1) is 0 Å². The summed E-state index contributed by atoms with van der Waals surface area (Å²) in [6, 6.07) is 17.1. The van der Waals surface area contributed by atoms with Crippen molar-refractivity contribution < 1.29 is 14.7 Å². The van der Waals surface area contributed by atoms with Crippen molar-refractivity contribution in [3.8, 4) is 0 Å². The molecule has 130 valence electrons. The molecule has 1 amide bonds. The van der Waals surface area contributed by atoms with Crippen molar-refractivity contribution in [3.05, 3.63) is 71.3 Å². The smallest absolute Gasteiger partial charge is 0.335 e. The largest absolute Gasteiger partial charge is 0.478 e. The van der Waals surface area contributed by atoms with Crippen LogP contribution in [-0.4, -0.2) is 23.0 Å². The van der Waals surface area contributed by atoms with E-state index < -0.39 is 5.97 Å². The van der Waals surface area contributed by atoms with E-state index in [2.05, 4.69) is 17.4 Å². The number of hydrogen-bond donors (Lipinski definition) is 2. The molecule has 25 heavy (non-hydrogen) atoms. The summed E-state index contributed by atoms with van der Waals surface area (Å²) in [7, 11) is 0. The van der Waals surface area contributed by atoms with Crippen LogP contribution in [0, 0.1) is 0 Å². The first-order valence-electron chi connectivity index (χ1n) is 8.80. The molecule has 2 aromatic carbocycles. The van der Waals surface area contributed by atoms with E-state index in [0.29, 0.717) is 11.5 Å². The Morgan fingerprint density at radius 1 is 0.960 bits per heavy atom. The van der Waals surface area contributed by atoms with Crippen molar-refractivity contribution in [2.45, 2.75) is 44.1 Å². The Morgan fingerprint density at radius 2 is 1.64 bits per heavy atom. The molecule has 4 nitrogen and oxygen atoms in total. The molecule has 4 heteroatoms.